The van der Waals surface area contributed by atoms with Gasteiger partial charge in [0.2, 0.25) is 5.91 Å². The molecule has 1 saturated carbocycles. The average Bonchev–Trinajstić information content (AvgIpc) is 2.89. The minimum atomic E-state index is -0.285. The second kappa shape index (κ2) is 6.57. The largest absolute Gasteiger partial charge is 0.466 e. The maximum atomic E-state index is 12.6. The van der Waals surface area contributed by atoms with Crippen molar-refractivity contribution in [3.8, 4) is 0 Å². The maximum absolute atomic E-state index is 12.6. The number of carbonyl (C=O) groups excluding carboxylic acids is 2. The van der Waals surface area contributed by atoms with Crippen LogP contribution in [0.2, 0.25) is 0 Å². The standard InChI is InChI=1S/C15H26N2O3/c1-3-20-13(18)11(2)8-17-14(19)15-7-5-4-6-12(15)9-16-10-15/h11-12,16H,3-10H2,1-2H3,(H,17,19)/t11?,12-,15+/m0/s1. The van der Waals surface area contributed by atoms with Gasteiger partial charge in [0.15, 0.2) is 0 Å². The van der Waals surface area contributed by atoms with Crippen molar-refractivity contribution in [2.75, 3.05) is 26.2 Å². The highest BCUT2D eigenvalue weighted by Crippen LogP contribution is 2.43. The number of amides is 1. The Morgan fingerprint density at radius 3 is 3.00 bits per heavy atom. The highest BCUT2D eigenvalue weighted by Gasteiger charge is 2.49. The number of esters is 1. The third kappa shape index (κ3) is 2.97. The summed E-state index contributed by atoms with van der Waals surface area (Å²) in [5, 5.41) is 6.34. The van der Waals surface area contributed by atoms with E-state index in [0.717, 1.165) is 32.4 Å². The van der Waals surface area contributed by atoms with Gasteiger partial charge in [-0.3, -0.25) is 9.59 Å². The molecule has 0 aromatic heterocycles. The van der Waals surface area contributed by atoms with E-state index in [4.69, 9.17) is 4.74 Å². The molecule has 0 bridgehead atoms. The van der Waals surface area contributed by atoms with Crippen molar-refractivity contribution >= 4 is 11.9 Å². The number of rotatable bonds is 5. The minimum absolute atomic E-state index is 0.114. The molecule has 114 valence electrons. The number of ether oxygens (including phenoxy) is 1. The maximum Gasteiger partial charge on any atom is 0.310 e. The third-order valence-electron chi connectivity index (χ3n) is 4.75. The first kappa shape index (κ1) is 15.3. The van der Waals surface area contributed by atoms with Gasteiger partial charge in [0, 0.05) is 13.1 Å². The normalized spacial score (nSPS) is 30.4. The molecule has 5 heteroatoms. The quantitative estimate of drug-likeness (QED) is 0.741. The molecule has 0 aromatic carbocycles. The predicted octanol–water partition coefficient (Wildman–Crippen LogP) is 1.08. The van der Waals surface area contributed by atoms with Crippen molar-refractivity contribution in [3.63, 3.8) is 0 Å². The Morgan fingerprint density at radius 2 is 2.25 bits per heavy atom. The van der Waals surface area contributed by atoms with Crippen molar-refractivity contribution in [2.24, 2.45) is 17.3 Å². The smallest absolute Gasteiger partial charge is 0.310 e. The van der Waals surface area contributed by atoms with Crippen LogP contribution in [-0.4, -0.2) is 38.1 Å². The highest BCUT2D eigenvalue weighted by atomic mass is 16.5. The predicted molar refractivity (Wildman–Crippen MR) is 76.1 cm³/mol. The van der Waals surface area contributed by atoms with Crippen molar-refractivity contribution in [1.82, 2.24) is 10.6 Å². The van der Waals surface area contributed by atoms with Crippen molar-refractivity contribution in [3.05, 3.63) is 0 Å². The van der Waals surface area contributed by atoms with Crippen LogP contribution in [0.3, 0.4) is 0 Å². The number of fused-ring (bicyclic) bond motifs is 1. The molecule has 1 saturated heterocycles. The molecular formula is C15H26N2O3. The topological polar surface area (TPSA) is 67.4 Å². The minimum Gasteiger partial charge on any atom is -0.466 e. The summed E-state index contributed by atoms with van der Waals surface area (Å²) in [5.41, 5.74) is -0.243. The summed E-state index contributed by atoms with van der Waals surface area (Å²) >= 11 is 0. The van der Waals surface area contributed by atoms with Crippen LogP contribution in [0.4, 0.5) is 0 Å². The molecule has 0 aromatic rings. The van der Waals surface area contributed by atoms with E-state index in [-0.39, 0.29) is 23.2 Å². The second-order valence-corrected chi connectivity index (χ2v) is 6.09. The van der Waals surface area contributed by atoms with E-state index in [2.05, 4.69) is 10.6 Å². The van der Waals surface area contributed by atoms with Gasteiger partial charge in [-0.1, -0.05) is 19.8 Å². The van der Waals surface area contributed by atoms with Gasteiger partial charge in [-0.15, -0.1) is 0 Å². The lowest BCUT2D eigenvalue weighted by atomic mass is 9.67. The van der Waals surface area contributed by atoms with Gasteiger partial charge >= 0.3 is 5.97 Å². The molecule has 2 rings (SSSR count). The lowest BCUT2D eigenvalue weighted by molar-refractivity contribution is -0.147. The van der Waals surface area contributed by atoms with Gasteiger partial charge in [0.25, 0.3) is 0 Å². The molecular weight excluding hydrogens is 256 g/mol. The summed E-state index contributed by atoms with van der Waals surface area (Å²) in [5.74, 6) is 0.0410. The molecule has 1 amide bonds. The van der Waals surface area contributed by atoms with E-state index >= 15 is 0 Å². The summed E-state index contributed by atoms with van der Waals surface area (Å²) < 4.78 is 4.96. The molecule has 1 heterocycles. The molecule has 5 nitrogen and oxygen atoms in total. The van der Waals surface area contributed by atoms with E-state index in [9.17, 15) is 9.59 Å². The Morgan fingerprint density at radius 1 is 1.45 bits per heavy atom. The Hall–Kier alpha value is -1.10. The van der Waals surface area contributed by atoms with E-state index in [1.54, 1.807) is 13.8 Å². The number of hydrogen-bond donors (Lipinski definition) is 2. The summed E-state index contributed by atoms with van der Waals surface area (Å²) in [6.45, 7) is 6.05. The molecule has 2 N–H and O–H groups in total. The first-order valence-corrected chi connectivity index (χ1v) is 7.76. The van der Waals surface area contributed by atoms with Gasteiger partial charge in [0.1, 0.15) is 0 Å². The van der Waals surface area contributed by atoms with E-state index < -0.39 is 0 Å². The molecule has 1 aliphatic carbocycles. The zero-order valence-electron chi connectivity index (χ0n) is 12.5. The van der Waals surface area contributed by atoms with Crippen molar-refractivity contribution in [2.45, 2.75) is 39.5 Å². The van der Waals surface area contributed by atoms with Crippen LogP contribution < -0.4 is 10.6 Å². The summed E-state index contributed by atoms with van der Waals surface area (Å²) in [6.07, 6.45) is 4.44. The van der Waals surface area contributed by atoms with Gasteiger partial charge in [-0.05, 0) is 32.2 Å². The van der Waals surface area contributed by atoms with Gasteiger partial charge in [0.05, 0.1) is 17.9 Å². The average molecular weight is 282 g/mol. The lowest BCUT2D eigenvalue weighted by Crippen LogP contribution is -2.49. The first-order valence-electron chi connectivity index (χ1n) is 7.76. The van der Waals surface area contributed by atoms with Crippen LogP contribution in [0.15, 0.2) is 0 Å². The van der Waals surface area contributed by atoms with Crippen LogP contribution in [0.1, 0.15) is 39.5 Å². The first-order chi connectivity index (χ1) is 9.60. The molecule has 0 spiro atoms. The van der Waals surface area contributed by atoms with Crippen LogP contribution >= 0.6 is 0 Å². The highest BCUT2D eigenvalue weighted by molar-refractivity contribution is 5.84. The van der Waals surface area contributed by atoms with Gasteiger partial charge in [-0.2, -0.15) is 0 Å². The summed E-state index contributed by atoms with van der Waals surface area (Å²) in [4.78, 5) is 24.2. The fourth-order valence-electron chi connectivity index (χ4n) is 3.48. The van der Waals surface area contributed by atoms with E-state index in [1.807, 2.05) is 0 Å². The fraction of sp³-hybridized carbons (Fsp3) is 0.867. The number of nitrogens with one attached hydrogen (secondary N) is 2. The molecule has 2 aliphatic rings. The van der Waals surface area contributed by atoms with Crippen LogP contribution in [0.25, 0.3) is 0 Å². The molecule has 2 fully saturated rings. The van der Waals surface area contributed by atoms with Crippen molar-refractivity contribution < 1.29 is 14.3 Å². The van der Waals surface area contributed by atoms with Gasteiger partial charge in [-0.25, -0.2) is 0 Å². The van der Waals surface area contributed by atoms with Crippen LogP contribution in [0.5, 0.6) is 0 Å². The summed E-state index contributed by atoms with van der Waals surface area (Å²) in [7, 11) is 0. The van der Waals surface area contributed by atoms with E-state index in [1.165, 1.54) is 6.42 Å². The zero-order valence-corrected chi connectivity index (χ0v) is 12.5. The van der Waals surface area contributed by atoms with Crippen molar-refractivity contribution in [1.29, 1.82) is 0 Å². The molecule has 20 heavy (non-hydrogen) atoms. The number of carbonyl (C=O) groups is 2. The Labute approximate surface area is 120 Å². The lowest BCUT2D eigenvalue weighted by Gasteiger charge is -2.37. The summed E-state index contributed by atoms with van der Waals surface area (Å²) in [6, 6.07) is 0. The molecule has 1 unspecified atom stereocenters. The number of hydrogen-bond acceptors (Lipinski definition) is 4. The van der Waals surface area contributed by atoms with E-state index in [0.29, 0.717) is 19.1 Å². The SMILES string of the molecule is CCOC(=O)C(C)CNC(=O)[C@@]12CCCC[C@H]1CNC2. The third-order valence-corrected chi connectivity index (χ3v) is 4.75. The van der Waals surface area contributed by atoms with Crippen LogP contribution in [-0.2, 0) is 14.3 Å². The Balaban J connectivity index is 1.89. The Kier molecular flexibility index (Phi) is 5.02. The Bertz CT molecular complexity index is 372. The second-order valence-electron chi connectivity index (χ2n) is 6.09. The van der Waals surface area contributed by atoms with Crippen LogP contribution in [0, 0.1) is 17.3 Å². The zero-order chi connectivity index (χ0) is 14.6. The molecule has 1 aliphatic heterocycles. The monoisotopic (exact) mass is 282 g/mol. The molecule has 3 atom stereocenters. The molecule has 0 radical (unpaired) electrons. The fourth-order valence-corrected chi connectivity index (χ4v) is 3.48. The van der Waals surface area contributed by atoms with Gasteiger partial charge < -0.3 is 15.4 Å².